The average molecular weight is 572 g/mol. The Balaban J connectivity index is 2.23. The predicted octanol–water partition coefficient (Wildman–Crippen LogP) is 5.45. The summed E-state index contributed by atoms with van der Waals surface area (Å²) in [7, 11) is 0. The number of rotatable bonds is 15. The first-order valence-corrected chi connectivity index (χ1v) is 15.0. The van der Waals surface area contributed by atoms with E-state index >= 15 is 0 Å². The highest BCUT2D eigenvalue weighted by molar-refractivity contribution is 5.92. The minimum absolute atomic E-state index is 0.00797. The molecule has 5 unspecified atom stereocenters. The van der Waals surface area contributed by atoms with Crippen LogP contribution in [-0.2, 0) is 9.53 Å². The van der Waals surface area contributed by atoms with Crippen LogP contribution in [0.3, 0.4) is 0 Å². The van der Waals surface area contributed by atoms with Crippen LogP contribution in [0.5, 0.6) is 0 Å². The summed E-state index contributed by atoms with van der Waals surface area (Å²) in [5.74, 6) is 1.52. The van der Waals surface area contributed by atoms with Crippen molar-refractivity contribution in [2.45, 2.75) is 106 Å². The highest BCUT2D eigenvalue weighted by atomic mass is 16.5. The second-order valence-corrected chi connectivity index (χ2v) is 14.5. The minimum Gasteiger partial charge on any atom is -0.497 e. The molecule has 232 valence electrons. The zero-order valence-corrected chi connectivity index (χ0v) is 27.2. The van der Waals surface area contributed by atoms with E-state index in [0.717, 1.165) is 37.2 Å². The molecule has 2 rings (SSSR count). The van der Waals surface area contributed by atoms with Gasteiger partial charge in [0.2, 0.25) is 5.91 Å². The molecule has 0 aromatic carbocycles. The monoisotopic (exact) mass is 571 g/mol. The standard InChI is InChI=1S/C33H57N5O3/c1-14-20(4)15-26(21(5)30(34)39)35-22(6)28-25-16-24(25)17-38(28)23(7)29(33(11,12)13)37-31(40)36-27(32(8,9)10)18-41-19(2)3/h20,24-29,35H,2,5-7,14-18H2,1,3-4,8-13H3,(H2,34,39)(H2,36,37,40)/t20?,24-,25-,26?,27?,28?,29?/m0/s1. The van der Waals surface area contributed by atoms with Gasteiger partial charge >= 0.3 is 6.03 Å². The van der Waals surface area contributed by atoms with Gasteiger partial charge in [-0.25, -0.2) is 4.79 Å². The van der Waals surface area contributed by atoms with Crippen LogP contribution in [0.1, 0.15) is 81.6 Å². The van der Waals surface area contributed by atoms with Gasteiger partial charge < -0.3 is 31.3 Å². The molecule has 0 bridgehead atoms. The molecule has 1 saturated heterocycles. The summed E-state index contributed by atoms with van der Waals surface area (Å²) in [6.45, 7) is 36.6. The maximum absolute atomic E-state index is 13.4. The topological polar surface area (TPSA) is 109 Å². The molecule has 8 heteroatoms. The van der Waals surface area contributed by atoms with Gasteiger partial charge in [0.05, 0.1) is 29.9 Å². The Kier molecular flexibility index (Phi) is 11.2. The summed E-state index contributed by atoms with van der Waals surface area (Å²) >= 11 is 0. The fourth-order valence-electron chi connectivity index (χ4n) is 5.58. The number of allylic oxidation sites excluding steroid dienone is 1. The van der Waals surface area contributed by atoms with Crippen molar-refractivity contribution < 1.29 is 14.3 Å². The smallest absolute Gasteiger partial charge is 0.315 e. The third-order valence-corrected chi connectivity index (χ3v) is 8.63. The number of primary amides is 1. The number of amides is 3. The van der Waals surface area contributed by atoms with Crippen molar-refractivity contribution in [3.63, 3.8) is 0 Å². The van der Waals surface area contributed by atoms with Gasteiger partial charge in [-0.2, -0.15) is 0 Å². The number of likely N-dealkylation sites (tertiary alicyclic amines) is 1. The molecule has 1 saturated carbocycles. The molecule has 3 amide bonds. The lowest BCUT2D eigenvalue weighted by Crippen LogP contribution is -2.57. The molecule has 41 heavy (non-hydrogen) atoms. The van der Waals surface area contributed by atoms with Crippen molar-refractivity contribution in [3.8, 4) is 0 Å². The van der Waals surface area contributed by atoms with E-state index in [2.05, 4.69) is 103 Å². The van der Waals surface area contributed by atoms with E-state index in [1.807, 2.05) is 0 Å². The zero-order valence-electron chi connectivity index (χ0n) is 27.2. The Labute approximate surface area is 249 Å². The van der Waals surface area contributed by atoms with Crippen LogP contribution in [0.15, 0.2) is 49.0 Å². The molecule has 8 nitrogen and oxygen atoms in total. The minimum atomic E-state index is -0.499. The highest BCUT2D eigenvalue weighted by Gasteiger charge is 2.55. The fourth-order valence-corrected chi connectivity index (χ4v) is 5.58. The van der Waals surface area contributed by atoms with Crippen LogP contribution >= 0.6 is 0 Å². The van der Waals surface area contributed by atoms with Gasteiger partial charge in [0.25, 0.3) is 0 Å². The Morgan fingerprint density at radius 3 is 2.12 bits per heavy atom. The average Bonchev–Trinajstić information content (AvgIpc) is 3.50. The van der Waals surface area contributed by atoms with E-state index in [4.69, 9.17) is 10.5 Å². The molecular formula is C33H57N5O3. The van der Waals surface area contributed by atoms with Crippen molar-refractivity contribution >= 4 is 11.9 Å². The number of piperidine rings is 1. The number of ether oxygens (including phenoxy) is 1. The first-order chi connectivity index (χ1) is 18.8. The summed E-state index contributed by atoms with van der Waals surface area (Å²) in [4.78, 5) is 27.7. The quantitative estimate of drug-likeness (QED) is 0.154. The number of fused-ring (bicyclic) bond motifs is 1. The number of urea groups is 1. The summed E-state index contributed by atoms with van der Waals surface area (Å²) in [6, 6.07) is -1.07. The van der Waals surface area contributed by atoms with Crippen molar-refractivity contribution in [1.82, 2.24) is 20.9 Å². The third-order valence-electron chi connectivity index (χ3n) is 8.63. The molecule has 5 N–H and O–H groups in total. The number of hydrogen-bond acceptors (Lipinski definition) is 5. The van der Waals surface area contributed by atoms with Crippen LogP contribution in [0.2, 0.25) is 0 Å². The van der Waals surface area contributed by atoms with E-state index in [9.17, 15) is 9.59 Å². The summed E-state index contributed by atoms with van der Waals surface area (Å²) in [5, 5.41) is 9.88. The van der Waals surface area contributed by atoms with E-state index < -0.39 is 5.91 Å². The molecule has 2 aliphatic rings. The van der Waals surface area contributed by atoms with Crippen LogP contribution in [0.25, 0.3) is 0 Å². The normalized spacial score (nSPS) is 22.9. The van der Waals surface area contributed by atoms with Gasteiger partial charge in [0.1, 0.15) is 6.61 Å². The van der Waals surface area contributed by atoms with Gasteiger partial charge in [-0.1, -0.05) is 88.1 Å². The molecule has 1 aliphatic carbocycles. The van der Waals surface area contributed by atoms with Crippen molar-refractivity contribution in [3.05, 3.63) is 49.0 Å². The summed E-state index contributed by atoms with van der Waals surface area (Å²) in [6.07, 6.45) is 2.87. The number of hydrogen-bond donors (Lipinski definition) is 4. The SMILES string of the molecule is C=C(C)OCC(NC(=O)NC(C(=C)N1C[C@@H]2C[C@@H]2C1C(=C)NC(CC(C)CC)C(=C)C(N)=O)C(C)(C)C)C(C)(C)C. The molecular weight excluding hydrogens is 514 g/mol. The largest absolute Gasteiger partial charge is 0.497 e. The second kappa shape index (κ2) is 13.4. The van der Waals surface area contributed by atoms with Crippen LogP contribution in [-0.4, -0.2) is 54.2 Å². The van der Waals surface area contributed by atoms with Gasteiger partial charge in [0, 0.05) is 23.5 Å². The molecule has 0 aromatic rings. The number of nitrogens with two attached hydrogens (primary N) is 1. The van der Waals surface area contributed by atoms with Crippen molar-refractivity contribution in [1.29, 1.82) is 0 Å². The Hall–Kier alpha value is -2.90. The lowest BCUT2D eigenvalue weighted by molar-refractivity contribution is -0.114. The lowest BCUT2D eigenvalue weighted by atomic mass is 9.84. The number of carbonyl (C=O) groups excluding carboxylic acids is 2. The van der Waals surface area contributed by atoms with E-state index in [1.54, 1.807) is 6.92 Å². The lowest BCUT2D eigenvalue weighted by Gasteiger charge is -2.42. The molecule has 0 radical (unpaired) electrons. The highest BCUT2D eigenvalue weighted by Crippen LogP contribution is 2.53. The van der Waals surface area contributed by atoms with Gasteiger partial charge in [-0.3, -0.25) is 4.79 Å². The molecule has 0 spiro atoms. The molecule has 2 fully saturated rings. The molecule has 0 aromatic heterocycles. The number of nitrogens with zero attached hydrogens (tertiary/aromatic N) is 1. The van der Waals surface area contributed by atoms with Gasteiger partial charge in [0.15, 0.2) is 0 Å². The summed E-state index contributed by atoms with van der Waals surface area (Å²) in [5.41, 5.74) is 7.18. The molecule has 7 atom stereocenters. The van der Waals surface area contributed by atoms with Gasteiger partial charge in [-0.15, -0.1) is 0 Å². The number of nitrogens with one attached hydrogen (secondary N) is 3. The first kappa shape index (κ1) is 34.3. The van der Waals surface area contributed by atoms with Crippen LogP contribution in [0, 0.1) is 28.6 Å². The van der Waals surface area contributed by atoms with Crippen LogP contribution in [0.4, 0.5) is 4.79 Å². The first-order valence-electron chi connectivity index (χ1n) is 15.0. The Bertz CT molecular complexity index is 1020. The summed E-state index contributed by atoms with van der Waals surface area (Å²) < 4.78 is 5.67. The third kappa shape index (κ3) is 9.30. The zero-order chi connectivity index (χ0) is 31.4. The fraction of sp³-hybridized carbons (Fsp3) is 0.697. The maximum atomic E-state index is 13.4. The van der Waals surface area contributed by atoms with E-state index in [1.165, 1.54) is 0 Å². The maximum Gasteiger partial charge on any atom is 0.315 e. The molecule has 1 aliphatic heterocycles. The van der Waals surface area contributed by atoms with Crippen molar-refractivity contribution in [2.75, 3.05) is 13.2 Å². The van der Waals surface area contributed by atoms with Crippen molar-refractivity contribution in [2.24, 2.45) is 34.3 Å². The second-order valence-electron chi connectivity index (χ2n) is 14.5. The predicted molar refractivity (Wildman–Crippen MR) is 169 cm³/mol. The van der Waals surface area contributed by atoms with E-state index in [0.29, 0.717) is 35.7 Å². The molecule has 1 heterocycles. The Morgan fingerprint density at radius 2 is 1.63 bits per heavy atom. The van der Waals surface area contributed by atoms with E-state index in [-0.39, 0.29) is 41.0 Å². The van der Waals surface area contributed by atoms with Gasteiger partial charge in [-0.05, 0) is 48.3 Å². The van der Waals surface area contributed by atoms with Crippen LogP contribution < -0.4 is 21.7 Å². The Morgan fingerprint density at radius 1 is 1.02 bits per heavy atom. The number of carbonyl (C=O) groups is 2.